The molecule has 1 fully saturated rings. The maximum atomic E-state index is 12.2. The van der Waals surface area contributed by atoms with E-state index in [1.165, 1.54) is 0 Å². The molecule has 7 heteroatoms. The molecule has 2 aliphatic rings. The normalized spacial score (nSPS) is 18.1. The van der Waals surface area contributed by atoms with Gasteiger partial charge in [0.15, 0.2) is 0 Å². The van der Waals surface area contributed by atoms with E-state index in [1.807, 2.05) is 6.92 Å². The van der Waals surface area contributed by atoms with Crippen molar-refractivity contribution in [2.45, 2.75) is 33.1 Å². The topological polar surface area (TPSA) is 76.2 Å². The number of hydroxylamine groups is 2. The van der Waals surface area contributed by atoms with Crippen LogP contribution in [0, 0.1) is 5.92 Å². The van der Waals surface area contributed by atoms with E-state index in [1.54, 1.807) is 42.2 Å². The number of benzene rings is 1. The van der Waals surface area contributed by atoms with Crippen molar-refractivity contribution in [1.29, 1.82) is 0 Å². The predicted octanol–water partition coefficient (Wildman–Crippen LogP) is 3.38. The van der Waals surface area contributed by atoms with Crippen molar-refractivity contribution in [1.82, 2.24) is 9.96 Å². The Bertz CT molecular complexity index is 730. The number of allylic oxidation sites excluding steroid dienone is 2. The lowest BCUT2D eigenvalue weighted by atomic mass is 9.94. The molecular formula is C20H24N2O5. The number of carbonyl (C=O) groups is 3. The molecule has 0 spiro atoms. The average Bonchev–Trinajstić information content (AvgIpc) is 2.93. The Labute approximate surface area is 158 Å². The monoisotopic (exact) mass is 372 g/mol. The summed E-state index contributed by atoms with van der Waals surface area (Å²) in [7, 11) is 0. The van der Waals surface area contributed by atoms with Crippen LogP contribution < -0.4 is 0 Å². The van der Waals surface area contributed by atoms with Crippen LogP contribution in [0.4, 0.5) is 4.79 Å². The molecule has 0 atom stereocenters. The van der Waals surface area contributed by atoms with Gasteiger partial charge in [0, 0.05) is 13.1 Å². The molecule has 0 saturated carbocycles. The number of imide groups is 1. The number of hydrogen-bond acceptors (Lipinski definition) is 5. The quantitative estimate of drug-likeness (QED) is 0.585. The van der Waals surface area contributed by atoms with Crippen LogP contribution in [0.25, 0.3) is 0 Å². The fourth-order valence-corrected chi connectivity index (χ4v) is 3.26. The summed E-state index contributed by atoms with van der Waals surface area (Å²) in [6, 6.07) is 6.71. The number of amides is 3. The Balaban J connectivity index is 1.42. The third-order valence-electron chi connectivity index (χ3n) is 5.03. The van der Waals surface area contributed by atoms with Crippen molar-refractivity contribution < 1.29 is 24.0 Å². The van der Waals surface area contributed by atoms with E-state index in [0.29, 0.717) is 35.9 Å². The molecular weight excluding hydrogens is 348 g/mol. The van der Waals surface area contributed by atoms with Gasteiger partial charge in [-0.2, -0.15) is 0 Å². The Morgan fingerprint density at radius 3 is 2.30 bits per heavy atom. The van der Waals surface area contributed by atoms with Gasteiger partial charge in [0.2, 0.25) is 0 Å². The lowest BCUT2D eigenvalue weighted by Crippen LogP contribution is -2.39. The van der Waals surface area contributed by atoms with Crippen LogP contribution in [0.3, 0.4) is 0 Å². The van der Waals surface area contributed by atoms with E-state index in [4.69, 9.17) is 9.57 Å². The Kier molecular flexibility index (Phi) is 5.91. The molecule has 2 heterocycles. The summed E-state index contributed by atoms with van der Waals surface area (Å²) < 4.78 is 5.22. The first-order valence-electron chi connectivity index (χ1n) is 9.21. The van der Waals surface area contributed by atoms with Crippen LogP contribution in [-0.4, -0.2) is 47.6 Å². The molecule has 1 aromatic rings. The second-order valence-electron chi connectivity index (χ2n) is 6.77. The van der Waals surface area contributed by atoms with Gasteiger partial charge in [0.1, 0.15) is 5.76 Å². The SMILES string of the molecule is C/C=C(\C)OC(=O)N1CCC(CCON2C(=O)c3ccccc3C2=O)CC1. The summed E-state index contributed by atoms with van der Waals surface area (Å²) in [5, 5.41) is 0.858. The molecule has 7 nitrogen and oxygen atoms in total. The zero-order chi connectivity index (χ0) is 19.4. The highest BCUT2D eigenvalue weighted by molar-refractivity contribution is 6.20. The second-order valence-corrected chi connectivity index (χ2v) is 6.77. The minimum absolute atomic E-state index is 0.290. The number of nitrogens with zero attached hydrogens (tertiary/aromatic N) is 2. The van der Waals surface area contributed by atoms with E-state index in [9.17, 15) is 14.4 Å². The summed E-state index contributed by atoms with van der Waals surface area (Å²) in [6.45, 7) is 5.13. The molecule has 0 aromatic heterocycles. The van der Waals surface area contributed by atoms with E-state index in [0.717, 1.165) is 24.3 Å². The highest BCUT2D eigenvalue weighted by Gasteiger charge is 2.36. The van der Waals surface area contributed by atoms with Gasteiger partial charge < -0.3 is 9.64 Å². The van der Waals surface area contributed by atoms with E-state index in [-0.39, 0.29) is 12.7 Å². The van der Waals surface area contributed by atoms with Crippen LogP contribution in [0.5, 0.6) is 0 Å². The van der Waals surface area contributed by atoms with Crippen molar-refractivity contribution in [3.8, 4) is 0 Å². The van der Waals surface area contributed by atoms with Crippen LogP contribution in [0.1, 0.15) is 53.8 Å². The summed E-state index contributed by atoms with van der Waals surface area (Å²) in [5.41, 5.74) is 0.761. The number of fused-ring (bicyclic) bond motifs is 1. The van der Waals surface area contributed by atoms with Crippen molar-refractivity contribution >= 4 is 17.9 Å². The molecule has 3 rings (SSSR count). The number of rotatable bonds is 5. The molecule has 144 valence electrons. The van der Waals surface area contributed by atoms with Crippen molar-refractivity contribution in [3.63, 3.8) is 0 Å². The summed E-state index contributed by atoms with van der Waals surface area (Å²) in [5.74, 6) is 0.156. The van der Waals surface area contributed by atoms with E-state index in [2.05, 4.69) is 0 Å². The zero-order valence-corrected chi connectivity index (χ0v) is 15.6. The highest BCUT2D eigenvalue weighted by atomic mass is 16.7. The number of piperidine rings is 1. The third-order valence-corrected chi connectivity index (χ3v) is 5.03. The zero-order valence-electron chi connectivity index (χ0n) is 15.6. The molecule has 3 amide bonds. The number of carbonyl (C=O) groups excluding carboxylic acids is 3. The molecule has 1 aromatic carbocycles. The fourth-order valence-electron chi connectivity index (χ4n) is 3.26. The lowest BCUT2D eigenvalue weighted by molar-refractivity contribution is -0.0957. The summed E-state index contributed by atoms with van der Waals surface area (Å²) in [4.78, 5) is 43.7. The molecule has 0 N–H and O–H groups in total. The third kappa shape index (κ3) is 4.19. The van der Waals surface area contributed by atoms with Gasteiger partial charge in [0.05, 0.1) is 17.7 Å². The van der Waals surface area contributed by atoms with Crippen LogP contribution >= 0.6 is 0 Å². The first kappa shape index (κ1) is 19.1. The largest absolute Gasteiger partial charge is 0.415 e. The van der Waals surface area contributed by atoms with Crippen LogP contribution in [0.15, 0.2) is 36.1 Å². The maximum Gasteiger partial charge on any atom is 0.414 e. The first-order valence-corrected chi connectivity index (χ1v) is 9.21. The number of ether oxygens (including phenoxy) is 1. The molecule has 0 bridgehead atoms. The Morgan fingerprint density at radius 1 is 1.15 bits per heavy atom. The van der Waals surface area contributed by atoms with E-state index >= 15 is 0 Å². The van der Waals surface area contributed by atoms with Crippen molar-refractivity contribution in [2.75, 3.05) is 19.7 Å². The number of likely N-dealkylation sites (tertiary alicyclic amines) is 1. The fraction of sp³-hybridized carbons (Fsp3) is 0.450. The summed E-state index contributed by atoms with van der Waals surface area (Å²) in [6.07, 6.45) is 3.85. The van der Waals surface area contributed by atoms with E-state index < -0.39 is 11.8 Å². The molecule has 2 aliphatic heterocycles. The lowest BCUT2D eigenvalue weighted by Gasteiger charge is -2.31. The van der Waals surface area contributed by atoms with Crippen molar-refractivity contribution in [2.24, 2.45) is 5.92 Å². The van der Waals surface area contributed by atoms with Crippen LogP contribution in [0.2, 0.25) is 0 Å². The molecule has 0 unspecified atom stereocenters. The van der Waals surface area contributed by atoms with Gasteiger partial charge in [-0.05, 0) is 57.2 Å². The van der Waals surface area contributed by atoms with Gasteiger partial charge in [-0.25, -0.2) is 4.79 Å². The summed E-state index contributed by atoms with van der Waals surface area (Å²) >= 11 is 0. The number of hydrogen-bond donors (Lipinski definition) is 0. The standard InChI is InChI=1S/C20H24N2O5/c1-3-14(2)27-20(25)21-11-8-15(9-12-21)10-13-26-22-18(23)16-6-4-5-7-17(16)19(22)24/h3-7,15H,8-13H2,1-2H3/b14-3+. The van der Waals surface area contributed by atoms with Gasteiger partial charge >= 0.3 is 6.09 Å². The molecule has 1 saturated heterocycles. The highest BCUT2D eigenvalue weighted by Crippen LogP contribution is 2.25. The van der Waals surface area contributed by atoms with Gasteiger partial charge in [-0.3, -0.25) is 14.4 Å². The minimum Gasteiger partial charge on any atom is -0.415 e. The van der Waals surface area contributed by atoms with Crippen LogP contribution in [-0.2, 0) is 9.57 Å². The first-order chi connectivity index (χ1) is 13.0. The maximum absolute atomic E-state index is 12.2. The molecule has 0 aliphatic carbocycles. The average molecular weight is 372 g/mol. The Hall–Kier alpha value is -2.67. The Morgan fingerprint density at radius 2 is 1.74 bits per heavy atom. The van der Waals surface area contributed by atoms with Crippen molar-refractivity contribution in [3.05, 3.63) is 47.2 Å². The minimum atomic E-state index is -0.410. The van der Waals surface area contributed by atoms with Gasteiger partial charge in [0.25, 0.3) is 11.8 Å². The predicted molar refractivity (Wildman–Crippen MR) is 97.7 cm³/mol. The molecule has 0 radical (unpaired) electrons. The van der Waals surface area contributed by atoms with Gasteiger partial charge in [-0.15, -0.1) is 5.06 Å². The smallest absolute Gasteiger partial charge is 0.414 e. The second kappa shape index (κ2) is 8.35. The van der Waals surface area contributed by atoms with Gasteiger partial charge in [-0.1, -0.05) is 12.1 Å². The molecule has 27 heavy (non-hydrogen) atoms.